The molecular formula is C33H39Cl2N5O4. The number of nitrogens with one attached hydrogen (secondary N) is 1. The van der Waals surface area contributed by atoms with E-state index >= 15 is 0 Å². The van der Waals surface area contributed by atoms with Crippen LogP contribution in [0.2, 0.25) is 10.0 Å². The Morgan fingerprint density at radius 2 is 1.20 bits per heavy atom. The van der Waals surface area contributed by atoms with E-state index in [9.17, 15) is 10.2 Å². The normalized spacial score (nSPS) is 12.0. The number of ether oxygens (including phenoxy) is 2. The van der Waals surface area contributed by atoms with Gasteiger partial charge in [0, 0.05) is 35.3 Å². The lowest BCUT2D eigenvalue weighted by atomic mass is 9.98. The summed E-state index contributed by atoms with van der Waals surface area (Å²) in [6.07, 6.45) is 5.35. The minimum atomic E-state index is -0.854. The number of benzene rings is 2. The van der Waals surface area contributed by atoms with E-state index in [2.05, 4.69) is 20.3 Å². The molecule has 0 amide bonds. The second-order valence-corrected chi connectivity index (χ2v) is 12.6. The SMILES string of the molecule is COc1nc(-c2cccc(-c3cccc(-c4cnc(CNCC(C)(C)O)c(OC)n4)c3Cl)c2Cl)cnc1CCCC(C)(C)O. The van der Waals surface area contributed by atoms with Crippen molar-refractivity contribution in [2.24, 2.45) is 0 Å². The van der Waals surface area contributed by atoms with Crippen molar-refractivity contribution in [1.82, 2.24) is 25.3 Å². The van der Waals surface area contributed by atoms with Gasteiger partial charge in [-0.15, -0.1) is 0 Å². The molecule has 0 radical (unpaired) electrons. The van der Waals surface area contributed by atoms with Gasteiger partial charge in [0.15, 0.2) is 0 Å². The van der Waals surface area contributed by atoms with Crippen LogP contribution in [0, 0.1) is 0 Å². The number of aromatic nitrogens is 4. The van der Waals surface area contributed by atoms with E-state index in [1.807, 2.05) is 36.4 Å². The molecule has 4 rings (SSSR count). The molecule has 0 fully saturated rings. The number of hydrogen-bond donors (Lipinski definition) is 3. The highest BCUT2D eigenvalue weighted by molar-refractivity contribution is 6.39. The van der Waals surface area contributed by atoms with Gasteiger partial charge in [-0.05, 0) is 47.0 Å². The quantitative estimate of drug-likeness (QED) is 0.149. The fourth-order valence-corrected chi connectivity index (χ4v) is 5.37. The summed E-state index contributed by atoms with van der Waals surface area (Å²) in [7, 11) is 3.10. The molecule has 0 aliphatic carbocycles. The van der Waals surface area contributed by atoms with Crippen molar-refractivity contribution in [2.45, 2.75) is 64.7 Å². The van der Waals surface area contributed by atoms with E-state index < -0.39 is 11.2 Å². The van der Waals surface area contributed by atoms with E-state index in [0.717, 1.165) is 23.2 Å². The summed E-state index contributed by atoms with van der Waals surface area (Å²) < 4.78 is 11.1. The van der Waals surface area contributed by atoms with Crippen LogP contribution in [0.4, 0.5) is 0 Å². The summed E-state index contributed by atoms with van der Waals surface area (Å²) in [6.45, 7) is 7.80. The van der Waals surface area contributed by atoms with Gasteiger partial charge in [-0.25, -0.2) is 9.97 Å². The number of aryl methyl sites for hydroxylation is 1. The van der Waals surface area contributed by atoms with Crippen LogP contribution in [0.3, 0.4) is 0 Å². The first-order valence-corrected chi connectivity index (χ1v) is 15.1. The van der Waals surface area contributed by atoms with Crippen LogP contribution < -0.4 is 14.8 Å². The molecule has 9 nitrogen and oxygen atoms in total. The van der Waals surface area contributed by atoms with Gasteiger partial charge < -0.3 is 25.0 Å². The Balaban J connectivity index is 1.64. The number of rotatable bonds is 13. The first kappa shape index (κ1) is 33.6. The summed E-state index contributed by atoms with van der Waals surface area (Å²) in [5.74, 6) is 0.786. The van der Waals surface area contributed by atoms with Crippen LogP contribution in [0.1, 0.15) is 51.9 Å². The third kappa shape index (κ3) is 8.43. The molecule has 0 bridgehead atoms. The zero-order valence-corrected chi connectivity index (χ0v) is 27.4. The average molecular weight is 641 g/mol. The Morgan fingerprint density at radius 3 is 1.68 bits per heavy atom. The summed E-state index contributed by atoms with van der Waals surface area (Å²) in [4.78, 5) is 18.6. The molecule has 2 aromatic heterocycles. The minimum Gasteiger partial charge on any atom is -0.480 e. The maximum absolute atomic E-state index is 10.0. The Labute approximate surface area is 268 Å². The molecule has 3 N–H and O–H groups in total. The third-order valence-electron chi connectivity index (χ3n) is 6.90. The molecule has 2 aromatic carbocycles. The van der Waals surface area contributed by atoms with Crippen molar-refractivity contribution in [2.75, 3.05) is 20.8 Å². The van der Waals surface area contributed by atoms with Crippen LogP contribution in [-0.2, 0) is 13.0 Å². The molecule has 0 saturated heterocycles. The van der Waals surface area contributed by atoms with Crippen LogP contribution in [0.5, 0.6) is 11.8 Å². The predicted molar refractivity (Wildman–Crippen MR) is 174 cm³/mol. The summed E-state index contributed by atoms with van der Waals surface area (Å²) in [6, 6.07) is 11.3. The lowest BCUT2D eigenvalue weighted by Gasteiger charge is -2.18. The number of hydrogen-bond acceptors (Lipinski definition) is 9. The maximum Gasteiger partial charge on any atom is 0.237 e. The molecular weight excluding hydrogens is 601 g/mol. The smallest absolute Gasteiger partial charge is 0.237 e. The molecule has 0 aliphatic rings. The summed E-state index contributed by atoms with van der Waals surface area (Å²) in [5.41, 5.74) is 3.64. The van der Waals surface area contributed by atoms with Gasteiger partial charge in [-0.2, -0.15) is 0 Å². The Morgan fingerprint density at radius 1 is 0.727 bits per heavy atom. The average Bonchev–Trinajstić information content (AvgIpc) is 2.97. The molecule has 0 spiro atoms. The minimum absolute atomic E-state index is 0.364. The zero-order chi connectivity index (χ0) is 32.1. The Hall–Kier alpha value is -3.34. The van der Waals surface area contributed by atoms with Crippen molar-refractivity contribution < 1.29 is 19.7 Å². The lowest BCUT2D eigenvalue weighted by Crippen LogP contribution is -2.34. The summed E-state index contributed by atoms with van der Waals surface area (Å²) in [5, 5.41) is 24.1. The maximum atomic E-state index is 10.0. The van der Waals surface area contributed by atoms with E-state index in [1.165, 1.54) is 7.11 Å². The second kappa shape index (κ2) is 14.2. The molecule has 11 heteroatoms. The van der Waals surface area contributed by atoms with Gasteiger partial charge in [-0.3, -0.25) is 9.97 Å². The lowest BCUT2D eigenvalue weighted by molar-refractivity contribution is 0.0687. The molecule has 234 valence electrons. The molecule has 0 aliphatic heterocycles. The van der Waals surface area contributed by atoms with Crippen LogP contribution in [0.15, 0.2) is 48.8 Å². The molecule has 44 heavy (non-hydrogen) atoms. The van der Waals surface area contributed by atoms with Crippen molar-refractivity contribution >= 4 is 23.2 Å². The highest BCUT2D eigenvalue weighted by atomic mass is 35.5. The molecule has 0 saturated carbocycles. The van der Waals surface area contributed by atoms with Crippen LogP contribution >= 0.6 is 23.2 Å². The van der Waals surface area contributed by atoms with E-state index in [1.54, 1.807) is 47.2 Å². The second-order valence-electron chi connectivity index (χ2n) is 11.8. The zero-order valence-electron chi connectivity index (χ0n) is 25.9. The number of methoxy groups -OCH3 is 2. The highest BCUT2D eigenvalue weighted by Crippen LogP contribution is 2.42. The standard InChI is InChI=1S/C33H39Cl2N5O4/c1-32(2,41)15-9-14-24-30(43-5)39-25(17-37-24)22-12-7-10-20(28(22)34)21-11-8-13-23(29(21)35)26-18-38-27(31(40-26)44-6)16-36-19-33(3,4)42/h7-8,10-13,17-18,36,41-42H,9,14-16,19H2,1-6H3. The highest BCUT2D eigenvalue weighted by Gasteiger charge is 2.20. The Kier molecular flexibility index (Phi) is 10.8. The van der Waals surface area contributed by atoms with Gasteiger partial charge in [0.1, 0.15) is 11.4 Å². The van der Waals surface area contributed by atoms with Gasteiger partial charge in [0.05, 0.1) is 59.2 Å². The van der Waals surface area contributed by atoms with Gasteiger partial charge in [-0.1, -0.05) is 59.6 Å². The predicted octanol–water partition coefficient (Wildman–Crippen LogP) is 6.55. The Bertz CT molecular complexity index is 1480. The fraction of sp³-hybridized carbons (Fsp3) is 0.394. The molecule has 0 atom stereocenters. The van der Waals surface area contributed by atoms with Crippen molar-refractivity contribution in [3.63, 3.8) is 0 Å². The first-order valence-electron chi connectivity index (χ1n) is 14.3. The third-order valence-corrected chi connectivity index (χ3v) is 7.72. The fourth-order valence-electron chi connectivity index (χ4n) is 4.72. The van der Waals surface area contributed by atoms with E-state index in [-0.39, 0.29) is 0 Å². The van der Waals surface area contributed by atoms with E-state index in [4.69, 9.17) is 37.7 Å². The number of halogens is 2. The summed E-state index contributed by atoms with van der Waals surface area (Å²) >= 11 is 14.0. The van der Waals surface area contributed by atoms with Gasteiger partial charge >= 0.3 is 0 Å². The number of nitrogens with zero attached hydrogens (tertiary/aromatic N) is 4. The number of aliphatic hydroxyl groups is 2. The topological polar surface area (TPSA) is 123 Å². The van der Waals surface area contributed by atoms with Crippen LogP contribution in [0.25, 0.3) is 33.6 Å². The molecule has 2 heterocycles. The van der Waals surface area contributed by atoms with Crippen LogP contribution in [-0.4, -0.2) is 62.1 Å². The first-order chi connectivity index (χ1) is 20.8. The van der Waals surface area contributed by atoms with E-state index in [0.29, 0.717) is 75.9 Å². The molecule has 0 unspecified atom stereocenters. The van der Waals surface area contributed by atoms with Gasteiger partial charge in [0.2, 0.25) is 11.8 Å². The van der Waals surface area contributed by atoms with Crippen molar-refractivity contribution in [1.29, 1.82) is 0 Å². The largest absolute Gasteiger partial charge is 0.480 e. The van der Waals surface area contributed by atoms with Crippen molar-refractivity contribution in [3.05, 3.63) is 70.2 Å². The molecule has 4 aromatic rings. The monoisotopic (exact) mass is 639 g/mol. The van der Waals surface area contributed by atoms with Gasteiger partial charge in [0.25, 0.3) is 0 Å². The van der Waals surface area contributed by atoms with Crippen molar-refractivity contribution in [3.8, 4) is 45.4 Å².